The molecule has 39 heavy (non-hydrogen) atoms. The Morgan fingerprint density at radius 3 is 2.44 bits per heavy atom. The van der Waals surface area contributed by atoms with Crippen molar-refractivity contribution in [3.63, 3.8) is 0 Å². The zero-order valence-corrected chi connectivity index (χ0v) is 22.1. The quantitative estimate of drug-likeness (QED) is 0.249. The average Bonchev–Trinajstić information content (AvgIpc) is 3.46. The number of aromatic nitrogens is 2. The summed E-state index contributed by atoms with van der Waals surface area (Å²) in [6, 6.07) is 14.3. The van der Waals surface area contributed by atoms with E-state index in [9.17, 15) is 19.5 Å². The molecular formula is C31H28N2O6. The van der Waals surface area contributed by atoms with Gasteiger partial charge in [-0.05, 0) is 80.2 Å². The maximum Gasteiger partial charge on any atom is 0.339 e. The number of para-hydroxylation sites is 1. The van der Waals surface area contributed by atoms with Gasteiger partial charge in [-0.2, -0.15) is 0 Å². The van der Waals surface area contributed by atoms with Crippen LogP contribution in [0.3, 0.4) is 0 Å². The number of benzene rings is 2. The van der Waals surface area contributed by atoms with Crippen LogP contribution in [-0.2, 0) is 15.9 Å². The number of H-pyrrole nitrogens is 1. The number of Topliss-reactive ketones (excluding diaryl/α,β-unsaturated/α-hetero) is 1. The van der Waals surface area contributed by atoms with Crippen molar-refractivity contribution in [2.75, 3.05) is 7.11 Å². The number of hydrogen-bond donors (Lipinski definition) is 2. The molecule has 1 atom stereocenters. The molecule has 1 aliphatic carbocycles. The SMILES string of the molecule is COC(=O)c1c(C)[nH]c(C(=O)C(C)OC(=O)c2c3c(nc4ccccc24)/C(=C/c2ccc(O)cc2)CC3)c1C. The smallest absolute Gasteiger partial charge is 0.339 e. The van der Waals surface area contributed by atoms with Gasteiger partial charge in [0.1, 0.15) is 5.75 Å². The van der Waals surface area contributed by atoms with E-state index in [0.717, 1.165) is 22.4 Å². The number of carbonyl (C=O) groups is 3. The van der Waals surface area contributed by atoms with Crippen molar-refractivity contribution < 1.29 is 29.0 Å². The molecular weight excluding hydrogens is 496 g/mol. The molecule has 0 saturated heterocycles. The Labute approximate surface area is 225 Å². The van der Waals surface area contributed by atoms with E-state index in [1.807, 2.05) is 42.5 Å². The maximum absolute atomic E-state index is 13.6. The van der Waals surface area contributed by atoms with E-state index >= 15 is 0 Å². The minimum absolute atomic E-state index is 0.188. The van der Waals surface area contributed by atoms with Crippen LogP contribution in [0.15, 0.2) is 48.5 Å². The summed E-state index contributed by atoms with van der Waals surface area (Å²) in [6.45, 7) is 4.86. The highest BCUT2D eigenvalue weighted by Crippen LogP contribution is 2.38. The second-order valence-electron chi connectivity index (χ2n) is 9.62. The van der Waals surface area contributed by atoms with Gasteiger partial charge in [0, 0.05) is 11.1 Å². The van der Waals surface area contributed by atoms with Crippen LogP contribution in [0.5, 0.6) is 5.75 Å². The number of pyridine rings is 1. The molecule has 0 saturated carbocycles. The normalized spacial score (nSPS) is 14.3. The number of aromatic amines is 1. The summed E-state index contributed by atoms with van der Waals surface area (Å²) >= 11 is 0. The number of allylic oxidation sites excluding steroid dienone is 1. The number of methoxy groups -OCH3 is 1. The van der Waals surface area contributed by atoms with E-state index in [1.54, 1.807) is 26.0 Å². The summed E-state index contributed by atoms with van der Waals surface area (Å²) in [6.07, 6.45) is 2.19. The van der Waals surface area contributed by atoms with Crippen LogP contribution in [0.4, 0.5) is 0 Å². The van der Waals surface area contributed by atoms with Gasteiger partial charge >= 0.3 is 11.9 Å². The molecule has 0 spiro atoms. The first-order valence-corrected chi connectivity index (χ1v) is 12.6. The number of esters is 2. The van der Waals surface area contributed by atoms with E-state index in [0.29, 0.717) is 46.1 Å². The number of aromatic hydroxyl groups is 1. The van der Waals surface area contributed by atoms with E-state index in [-0.39, 0.29) is 11.4 Å². The molecule has 0 radical (unpaired) electrons. The largest absolute Gasteiger partial charge is 0.508 e. The molecule has 0 amide bonds. The standard InChI is InChI=1S/C31H28N2O6/c1-16-25(30(36)38-4)17(2)32-27(16)29(35)18(3)39-31(37)26-22-7-5-6-8-24(22)33-28-20(11-14-23(26)28)15-19-9-12-21(34)13-10-19/h5-10,12-13,15,18,32,34H,11,14H2,1-4H3/b20-15+. The van der Waals surface area contributed by atoms with Gasteiger partial charge in [0.2, 0.25) is 5.78 Å². The lowest BCUT2D eigenvalue weighted by Crippen LogP contribution is -2.26. The number of carbonyl (C=O) groups excluding carboxylic acids is 3. The fraction of sp³-hybridized carbons (Fsp3) is 0.226. The van der Waals surface area contributed by atoms with Crippen LogP contribution in [-0.4, -0.2) is 46.0 Å². The lowest BCUT2D eigenvalue weighted by Gasteiger charge is -2.16. The third kappa shape index (κ3) is 4.69. The van der Waals surface area contributed by atoms with Gasteiger partial charge in [-0.3, -0.25) is 4.79 Å². The third-order valence-electron chi connectivity index (χ3n) is 7.11. The van der Waals surface area contributed by atoms with E-state index < -0.39 is 23.8 Å². The van der Waals surface area contributed by atoms with Gasteiger partial charge < -0.3 is 19.6 Å². The molecule has 4 aromatic rings. The third-order valence-corrected chi connectivity index (χ3v) is 7.11. The summed E-state index contributed by atoms with van der Waals surface area (Å²) in [5, 5.41) is 10.3. The summed E-state index contributed by atoms with van der Waals surface area (Å²) in [5.74, 6) is -1.40. The van der Waals surface area contributed by atoms with Crippen molar-refractivity contribution >= 4 is 40.3 Å². The van der Waals surface area contributed by atoms with Gasteiger partial charge in [0.05, 0.1) is 35.1 Å². The molecule has 2 N–H and O–H groups in total. The summed E-state index contributed by atoms with van der Waals surface area (Å²) in [4.78, 5) is 46.9. The number of fused-ring (bicyclic) bond motifs is 2. The van der Waals surface area contributed by atoms with Crippen molar-refractivity contribution in [2.45, 2.75) is 39.7 Å². The zero-order chi connectivity index (χ0) is 27.8. The summed E-state index contributed by atoms with van der Waals surface area (Å²) < 4.78 is 10.6. The van der Waals surface area contributed by atoms with Gasteiger partial charge in [0.25, 0.3) is 0 Å². The Hall–Kier alpha value is -4.72. The minimum atomic E-state index is -1.10. The van der Waals surface area contributed by atoms with Gasteiger partial charge in [-0.25, -0.2) is 14.6 Å². The van der Waals surface area contributed by atoms with Crippen LogP contribution in [0, 0.1) is 13.8 Å². The van der Waals surface area contributed by atoms with Crippen LogP contribution < -0.4 is 0 Å². The van der Waals surface area contributed by atoms with Gasteiger partial charge in [0.15, 0.2) is 6.10 Å². The molecule has 1 aliphatic rings. The van der Waals surface area contributed by atoms with Gasteiger partial charge in [-0.15, -0.1) is 0 Å². The summed E-state index contributed by atoms with van der Waals surface area (Å²) in [5.41, 5.74) is 5.91. The Morgan fingerprint density at radius 2 is 1.72 bits per heavy atom. The van der Waals surface area contributed by atoms with Crippen LogP contribution >= 0.6 is 0 Å². The number of hydrogen-bond acceptors (Lipinski definition) is 7. The fourth-order valence-corrected chi connectivity index (χ4v) is 5.16. The van der Waals surface area contributed by atoms with Crippen molar-refractivity contribution in [1.82, 2.24) is 9.97 Å². The Bertz CT molecular complexity index is 1660. The molecule has 198 valence electrons. The predicted molar refractivity (Wildman–Crippen MR) is 147 cm³/mol. The number of rotatable bonds is 6. The molecule has 8 heteroatoms. The number of ketones is 1. The Balaban J connectivity index is 1.50. The maximum atomic E-state index is 13.6. The number of phenols is 1. The number of nitrogens with zero attached hydrogens (tertiary/aromatic N) is 1. The summed E-state index contributed by atoms with van der Waals surface area (Å²) in [7, 11) is 1.28. The van der Waals surface area contributed by atoms with Crippen LogP contribution in [0.2, 0.25) is 0 Å². The molecule has 0 fully saturated rings. The topological polar surface area (TPSA) is 119 Å². The first-order chi connectivity index (χ1) is 18.7. The molecule has 5 rings (SSSR count). The average molecular weight is 525 g/mol. The second kappa shape index (κ2) is 10.2. The number of nitrogens with one attached hydrogen (secondary N) is 1. The molecule has 2 aromatic heterocycles. The molecule has 2 aromatic carbocycles. The molecule has 1 unspecified atom stereocenters. The number of aryl methyl sites for hydroxylation is 1. The minimum Gasteiger partial charge on any atom is -0.508 e. The predicted octanol–water partition coefficient (Wildman–Crippen LogP) is 5.59. The fourth-order valence-electron chi connectivity index (χ4n) is 5.16. The van der Waals surface area contributed by atoms with Crippen molar-refractivity contribution in [2.24, 2.45) is 0 Å². The molecule has 8 nitrogen and oxygen atoms in total. The first-order valence-electron chi connectivity index (χ1n) is 12.6. The molecule has 2 heterocycles. The molecule has 0 aliphatic heterocycles. The van der Waals surface area contributed by atoms with Crippen LogP contribution in [0.25, 0.3) is 22.6 Å². The first kappa shape index (κ1) is 25.9. The van der Waals surface area contributed by atoms with Crippen molar-refractivity contribution in [3.8, 4) is 5.75 Å². The van der Waals surface area contributed by atoms with E-state index in [2.05, 4.69) is 4.98 Å². The van der Waals surface area contributed by atoms with E-state index in [4.69, 9.17) is 14.5 Å². The lowest BCUT2D eigenvalue weighted by atomic mass is 10.0. The highest BCUT2D eigenvalue weighted by molar-refractivity contribution is 6.09. The zero-order valence-electron chi connectivity index (χ0n) is 22.1. The van der Waals surface area contributed by atoms with E-state index in [1.165, 1.54) is 14.0 Å². The van der Waals surface area contributed by atoms with Crippen molar-refractivity contribution in [3.05, 3.63) is 93.4 Å². The van der Waals surface area contributed by atoms with Gasteiger partial charge in [-0.1, -0.05) is 30.3 Å². The highest BCUT2D eigenvalue weighted by Gasteiger charge is 2.31. The monoisotopic (exact) mass is 524 g/mol. The number of phenolic OH excluding ortho intramolecular Hbond substituents is 1. The molecule has 0 bridgehead atoms. The highest BCUT2D eigenvalue weighted by atomic mass is 16.5. The Morgan fingerprint density at radius 1 is 1.00 bits per heavy atom. The van der Waals surface area contributed by atoms with Crippen LogP contribution in [0.1, 0.15) is 72.6 Å². The lowest BCUT2D eigenvalue weighted by molar-refractivity contribution is 0.0317. The number of ether oxygens (including phenoxy) is 2. The Kier molecular flexibility index (Phi) is 6.78. The van der Waals surface area contributed by atoms with Crippen molar-refractivity contribution in [1.29, 1.82) is 0 Å². The second-order valence-corrected chi connectivity index (χ2v) is 9.62.